The Hall–Kier alpha value is -0.670. The highest BCUT2D eigenvalue weighted by Gasteiger charge is 2.33. The van der Waals surface area contributed by atoms with E-state index in [-0.39, 0.29) is 20.9 Å². The van der Waals surface area contributed by atoms with E-state index in [1.807, 2.05) is 0 Å². The van der Waals surface area contributed by atoms with Gasteiger partial charge in [-0.25, -0.2) is 16.8 Å². The molecule has 0 spiro atoms. The monoisotopic (exact) mass is 352 g/mol. The van der Waals surface area contributed by atoms with Gasteiger partial charge in [-0.3, -0.25) is 0 Å². The molecular formula is C12H17ClN2O4S2. The topological polar surface area (TPSA) is 83.6 Å². The van der Waals surface area contributed by atoms with Crippen molar-refractivity contribution in [3.8, 4) is 0 Å². The lowest BCUT2D eigenvalue weighted by Crippen LogP contribution is -2.52. The van der Waals surface area contributed by atoms with Crippen LogP contribution in [-0.4, -0.2) is 53.1 Å². The lowest BCUT2D eigenvalue weighted by atomic mass is 10.3. The summed E-state index contributed by atoms with van der Waals surface area (Å²) in [6, 6.07) is 3.51. The molecule has 1 aromatic carbocycles. The van der Waals surface area contributed by atoms with E-state index in [1.165, 1.54) is 16.4 Å². The van der Waals surface area contributed by atoms with E-state index in [1.54, 1.807) is 6.92 Å². The molecule has 1 saturated heterocycles. The number of benzene rings is 1. The molecule has 2 rings (SSSR count). The number of nitrogens with zero attached hydrogens (tertiary/aromatic N) is 1. The smallest absolute Gasteiger partial charge is 0.244 e. The van der Waals surface area contributed by atoms with Gasteiger partial charge in [0.1, 0.15) is 4.90 Å². The van der Waals surface area contributed by atoms with E-state index in [4.69, 9.17) is 11.6 Å². The molecule has 1 aliphatic rings. The van der Waals surface area contributed by atoms with Crippen LogP contribution in [0.25, 0.3) is 0 Å². The average Bonchev–Trinajstić information content (AvgIpc) is 2.37. The Morgan fingerprint density at radius 1 is 1.29 bits per heavy atom. The van der Waals surface area contributed by atoms with E-state index in [0.717, 1.165) is 12.3 Å². The van der Waals surface area contributed by atoms with Gasteiger partial charge in [-0.05, 0) is 25.1 Å². The van der Waals surface area contributed by atoms with E-state index in [9.17, 15) is 16.8 Å². The van der Waals surface area contributed by atoms with E-state index in [0.29, 0.717) is 19.6 Å². The van der Waals surface area contributed by atoms with Crippen LogP contribution in [0.2, 0.25) is 5.02 Å². The summed E-state index contributed by atoms with van der Waals surface area (Å²) < 4.78 is 50.0. The molecule has 0 unspecified atom stereocenters. The van der Waals surface area contributed by atoms with Crippen LogP contribution in [0.5, 0.6) is 0 Å². The molecule has 9 heteroatoms. The molecule has 1 aliphatic heterocycles. The van der Waals surface area contributed by atoms with Gasteiger partial charge in [-0.2, -0.15) is 4.31 Å². The summed E-state index contributed by atoms with van der Waals surface area (Å²) in [5.41, 5.74) is 0. The molecule has 6 nitrogen and oxygen atoms in total. The number of sulfone groups is 1. The molecule has 1 aromatic rings. The van der Waals surface area contributed by atoms with Crippen molar-refractivity contribution in [3.05, 3.63) is 23.2 Å². The van der Waals surface area contributed by atoms with Gasteiger partial charge in [-0.1, -0.05) is 11.6 Å². The van der Waals surface area contributed by atoms with Crippen molar-refractivity contribution >= 4 is 31.5 Å². The Morgan fingerprint density at radius 2 is 1.95 bits per heavy atom. The largest absolute Gasteiger partial charge is 0.314 e. The highest BCUT2D eigenvalue weighted by atomic mass is 35.5. The van der Waals surface area contributed by atoms with Gasteiger partial charge in [0.25, 0.3) is 0 Å². The minimum absolute atomic E-state index is 0.0214. The molecular weight excluding hydrogens is 336 g/mol. The fraction of sp³-hybridized carbons (Fsp3) is 0.500. The van der Waals surface area contributed by atoms with Crippen molar-refractivity contribution in [1.82, 2.24) is 9.62 Å². The lowest BCUT2D eigenvalue weighted by molar-refractivity contribution is 0.284. The van der Waals surface area contributed by atoms with Crippen LogP contribution in [0.1, 0.15) is 6.92 Å². The number of piperazine rings is 1. The average molecular weight is 353 g/mol. The number of rotatable bonds is 3. The van der Waals surface area contributed by atoms with Crippen LogP contribution in [0.15, 0.2) is 28.0 Å². The molecule has 0 amide bonds. The number of halogens is 1. The second-order valence-electron chi connectivity index (χ2n) is 5.03. The standard InChI is InChI=1S/C12H17ClN2O4S2/c1-9-8-14-5-6-15(9)21(18,19)12-7-10(20(2,16)17)3-4-11(12)13/h3-4,7,9,14H,5-6,8H2,1-2H3/t9-/m1/s1. The van der Waals surface area contributed by atoms with Crippen LogP contribution in [-0.2, 0) is 19.9 Å². The van der Waals surface area contributed by atoms with Gasteiger partial charge in [0.15, 0.2) is 9.84 Å². The summed E-state index contributed by atoms with van der Waals surface area (Å²) in [7, 11) is -7.33. The minimum Gasteiger partial charge on any atom is -0.314 e. The lowest BCUT2D eigenvalue weighted by Gasteiger charge is -2.33. The first kappa shape index (κ1) is 16.7. The molecule has 0 aromatic heterocycles. The van der Waals surface area contributed by atoms with Crippen LogP contribution in [0.3, 0.4) is 0 Å². The molecule has 1 atom stereocenters. The summed E-state index contributed by atoms with van der Waals surface area (Å²) in [5, 5.41) is 3.12. The molecule has 1 heterocycles. The van der Waals surface area contributed by atoms with Gasteiger partial charge in [-0.15, -0.1) is 0 Å². The SMILES string of the molecule is C[C@@H]1CNCCN1S(=O)(=O)c1cc(S(C)(=O)=O)ccc1Cl. The maximum Gasteiger partial charge on any atom is 0.244 e. The summed E-state index contributed by atoms with van der Waals surface area (Å²) in [5.74, 6) is 0. The van der Waals surface area contributed by atoms with Crippen molar-refractivity contribution in [3.63, 3.8) is 0 Å². The predicted molar refractivity (Wildman–Crippen MR) is 80.8 cm³/mol. The molecule has 0 aliphatic carbocycles. The molecule has 1 fully saturated rings. The maximum absolute atomic E-state index is 12.7. The Kier molecular flexibility index (Phi) is 4.65. The van der Waals surface area contributed by atoms with E-state index in [2.05, 4.69) is 5.32 Å². The third-order valence-electron chi connectivity index (χ3n) is 3.36. The van der Waals surface area contributed by atoms with Crippen LogP contribution >= 0.6 is 11.6 Å². The van der Waals surface area contributed by atoms with Crippen molar-refractivity contribution in [2.45, 2.75) is 22.8 Å². The fourth-order valence-electron chi connectivity index (χ4n) is 2.22. The summed E-state index contributed by atoms with van der Waals surface area (Å²) in [6.07, 6.45) is 1.03. The summed E-state index contributed by atoms with van der Waals surface area (Å²) in [6.45, 7) is 3.20. The number of hydrogen-bond donors (Lipinski definition) is 1. The Balaban J connectivity index is 2.54. The van der Waals surface area contributed by atoms with Gasteiger partial charge < -0.3 is 5.32 Å². The van der Waals surface area contributed by atoms with Crippen LogP contribution in [0, 0.1) is 0 Å². The minimum atomic E-state index is -3.83. The zero-order valence-electron chi connectivity index (χ0n) is 11.7. The van der Waals surface area contributed by atoms with Gasteiger partial charge in [0, 0.05) is 31.9 Å². The van der Waals surface area contributed by atoms with Crippen LogP contribution < -0.4 is 5.32 Å². The first-order chi connectivity index (χ1) is 9.64. The molecule has 1 N–H and O–H groups in total. The Bertz CT molecular complexity index is 747. The normalized spacial score (nSPS) is 21.4. The quantitative estimate of drug-likeness (QED) is 0.866. The highest BCUT2D eigenvalue weighted by Crippen LogP contribution is 2.28. The predicted octanol–water partition coefficient (Wildman–Crippen LogP) is 0.726. The van der Waals surface area contributed by atoms with Crippen molar-refractivity contribution in [2.24, 2.45) is 0 Å². The number of nitrogens with one attached hydrogen (secondary N) is 1. The van der Waals surface area contributed by atoms with Crippen molar-refractivity contribution in [1.29, 1.82) is 0 Å². The molecule has 118 valence electrons. The first-order valence-corrected chi connectivity index (χ1v) is 10.1. The van der Waals surface area contributed by atoms with Gasteiger partial charge in [0.2, 0.25) is 10.0 Å². The number of sulfonamides is 1. The Labute approximate surface area is 130 Å². The second kappa shape index (κ2) is 5.85. The summed E-state index contributed by atoms with van der Waals surface area (Å²) >= 11 is 5.98. The van der Waals surface area contributed by atoms with E-state index < -0.39 is 19.9 Å². The fourth-order valence-corrected chi connectivity index (χ4v) is 5.07. The third kappa shape index (κ3) is 3.40. The highest BCUT2D eigenvalue weighted by molar-refractivity contribution is 7.91. The number of hydrogen-bond acceptors (Lipinski definition) is 5. The molecule has 0 bridgehead atoms. The maximum atomic E-state index is 12.7. The summed E-state index contributed by atoms with van der Waals surface area (Å²) in [4.78, 5) is -0.228. The van der Waals surface area contributed by atoms with Gasteiger partial charge in [0.05, 0.1) is 9.92 Å². The zero-order chi connectivity index (χ0) is 15.8. The molecule has 0 radical (unpaired) electrons. The van der Waals surface area contributed by atoms with Crippen LogP contribution in [0.4, 0.5) is 0 Å². The second-order valence-corrected chi connectivity index (χ2v) is 9.32. The van der Waals surface area contributed by atoms with Gasteiger partial charge >= 0.3 is 0 Å². The Morgan fingerprint density at radius 3 is 2.52 bits per heavy atom. The van der Waals surface area contributed by atoms with Crippen molar-refractivity contribution < 1.29 is 16.8 Å². The van der Waals surface area contributed by atoms with E-state index >= 15 is 0 Å². The molecule has 21 heavy (non-hydrogen) atoms. The van der Waals surface area contributed by atoms with Crippen molar-refractivity contribution in [2.75, 3.05) is 25.9 Å². The zero-order valence-corrected chi connectivity index (χ0v) is 14.1. The molecule has 0 saturated carbocycles. The third-order valence-corrected chi connectivity index (χ3v) is 6.96. The first-order valence-electron chi connectivity index (χ1n) is 6.36.